The summed E-state index contributed by atoms with van der Waals surface area (Å²) in [6.07, 6.45) is 5.86. The van der Waals surface area contributed by atoms with Gasteiger partial charge in [-0.2, -0.15) is 4.98 Å². The first-order chi connectivity index (χ1) is 12.5. The van der Waals surface area contributed by atoms with Crippen LogP contribution in [0, 0.1) is 0 Å². The highest BCUT2D eigenvalue weighted by Gasteiger charge is 2.37. The molecule has 1 aromatic heterocycles. The van der Waals surface area contributed by atoms with E-state index in [4.69, 9.17) is 21.9 Å². The number of piperidine rings is 1. The van der Waals surface area contributed by atoms with Gasteiger partial charge in [-0.3, -0.25) is 4.79 Å². The number of carbonyl (C=O) groups excluding carboxylic acids is 1. The average Bonchev–Trinajstić information content (AvgIpc) is 3.32. The third-order valence-electron chi connectivity index (χ3n) is 5.53. The van der Waals surface area contributed by atoms with Gasteiger partial charge in [0, 0.05) is 23.7 Å². The zero-order chi connectivity index (χ0) is 18.1. The first kappa shape index (κ1) is 17.5. The molecule has 6 nitrogen and oxygen atoms in total. The Balaban J connectivity index is 1.47. The van der Waals surface area contributed by atoms with E-state index in [9.17, 15) is 4.79 Å². The van der Waals surface area contributed by atoms with Gasteiger partial charge in [0.05, 0.1) is 11.5 Å². The molecule has 1 aromatic carbocycles. The number of carbonyl (C=O) groups is 1. The fourth-order valence-corrected chi connectivity index (χ4v) is 4.10. The van der Waals surface area contributed by atoms with Gasteiger partial charge in [0.2, 0.25) is 5.89 Å². The lowest BCUT2D eigenvalue weighted by Crippen LogP contribution is -2.39. The lowest BCUT2D eigenvalue weighted by molar-refractivity contribution is 0.0695. The number of amides is 1. The summed E-state index contributed by atoms with van der Waals surface area (Å²) < 4.78 is 5.53. The maximum absolute atomic E-state index is 12.7. The van der Waals surface area contributed by atoms with Crippen LogP contribution >= 0.6 is 11.6 Å². The fourth-order valence-electron chi connectivity index (χ4n) is 3.97. The second kappa shape index (κ2) is 7.00. The quantitative estimate of drug-likeness (QED) is 0.889. The number of aromatic nitrogens is 2. The van der Waals surface area contributed by atoms with E-state index in [0.717, 1.165) is 45.1 Å². The zero-order valence-electron chi connectivity index (χ0n) is 14.7. The van der Waals surface area contributed by atoms with Crippen molar-refractivity contribution in [1.82, 2.24) is 15.0 Å². The summed E-state index contributed by atoms with van der Waals surface area (Å²) in [7, 11) is 0. The molecule has 138 valence electrons. The summed E-state index contributed by atoms with van der Waals surface area (Å²) in [4.78, 5) is 19.2. The number of hydrogen-bond acceptors (Lipinski definition) is 5. The van der Waals surface area contributed by atoms with Crippen molar-refractivity contribution < 1.29 is 9.32 Å². The molecule has 4 rings (SSSR count). The van der Waals surface area contributed by atoms with Gasteiger partial charge < -0.3 is 15.2 Å². The van der Waals surface area contributed by atoms with E-state index in [2.05, 4.69) is 10.1 Å². The van der Waals surface area contributed by atoms with Crippen LogP contribution in [0.15, 0.2) is 28.8 Å². The Morgan fingerprint density at radius 2 is 1.96 bits per heavy atom. The van der Waals surface area contributed by atoms with Gasteiger partial charge in [-0.05, 0) is 49.9 Å². The molecule has 2 aromatic rings. The van der Waals surface area contributed by atoms with Crippen LogP contribution in [0.1, 0.15) is 66.5 Å². The minimum atomic E-state index is -0.449. The number of benzene rings is 1. The molecule has 2 aliphatic rings. The van der Waals surface area contributed by atoms with E-state index < -0.39 is 5.54 Å². The van der Waals surface area contributed by atoms with E-state index in [-0.39, 0.29) is 11.8 Å². The minimum absolute atomic E-state index is 0.0113. The zero-order valence-corrected chi connectivity index (χ0v) is 15.4. The van der Waals surface area contributed by atoms with Crippen molar-refractivity contribution in [1.29, 1.82) is 0 Å². The Kier molecular flexibility index (Phi) is 4.71. The van der Waals surface area contributed by atoms with E-state index >= 15 is 0 Å². The molecule has 1 atom stereocenters. The van der Waals surface area contributed by atoms with Crippen molar-refractivity contribution >= 4 is 17.5 Å². The van der Waals surface area contributed by atoms with Crippen LogP contribution in [0.25, 0.3) is 0 Å². The fraction of sp³-hybridized carbons (Fsp3) is 0.526. The molecule has 1 unspecified atom stereocenters. The number of likely N-dealkylation sites (tertiary alicyclic amines) is 1. The molecule has 1 aliphatic heterocycles. The first-order valence-electron chi connectivity index (χ1n) is 9.23. The Morgan fingerprint density at radius 3 is 2.69 bits per heavy atom. The largest absolute Gasteiger partial charge is 0.339 e. The lowest BCUT2D eigenvalue weighted by atomic mass is 9.96. The molecule has 2 fully saturated rings. The van der Waals surface area contributed by atoms with E-state index in [1.54, 1.807) is 24.3 Å². The van der Waals surface area contributed by atoms with Crippen molar-refractivity contribution in [2.45, 2.75) is 50.0 Å². The highest BCUT2D eigenvalue weighted by molar-refractivity contribution is 6.30. The van der Waals surface area contributed by atoms with Crippen molar-refractivity contribution in [2.24, 2.45) is 5.73 Å². The van der Waals surface area contributed by atoms with Gasteiger partial charge in [0.25, 0.3) is 5.91 Å². The topological polar surface area (TPSA) is 85.2 Å². The van der Waals surface area contributed by atoms with Crippen LogP contribution in [-0.2, 0) is 5.54 Å². The van der Waals surface area contributed by atoms with Crippen LogP contribution in [0.5, 0.6) is 0 Å². The van der Waals surface area contributed by atoms with Gasteiger partial charge in [-0.25, -0.2) is 0 Å². The Bertz CT molecular complexity index is 783. The molecule has 0 spiro atoms. The normalized spacial score (nSPS) is 22.5. The van der Waals surface area contributed by atoms with Gasteiger partial charge in [-0.1, -0.05) is 29.6 Å². The van der Waals surface area contributed by atoms with Gasteiger partial charge in [-0.15, -0.1) is 0 Å². The van der Waals surface area contributed by atoms with Gasteiger partial charge in [0.1, 0.15) is 0 Å². The van der Waals surface area contributed by atoms with Crippen molar-refractivity contribution in [2.75, 3.05) is 13.1 Å². The molecule has 0 bridgehead atoms. The molecular weight excluding hydrogens is 352 g/mol. The number of nitrogens with two attached hydrogens (primary N) is 1. The lowest BCUT2D eigenvalue weighted by Gasteiger charge is -2.31. The van der Waals surface area contributed by atoms with Gasteiger partial charge >= 0.3 is 0 Å². The second-order valence-corrected chi connectivity index (χ2v) is 7.85. The number of hydrogen-bond donors (Lipinski definition) is 1. The maximum Gasteiger partial charge on any atom is 0.253 e. The Morgan fingerprint density at radius 1 is 1.23 bits per heavy atom. The number of halogens is 1. The maximum atomic E-state index is 12.7. The summed E-state index contributed by atoms with van der Waals surface area (Å²) in [6.45, 7) is 1.32. The molecule has 2 N–H and O–H groups in total. The standard InChI is InChI=1S/C19H23ClN4O2/c20-15-7-5-13(6-8-15)17(25)24-11-3-4-14(12-24)16-22-18(23-26-16)19(21)9-1-2-10-19/h5-8,14H,1-4,9-12,21H2. The molecule has 26 heavy (non-hydrogen) atoms. The van der Waals surface area contributed by atoms with Crippen LogP contribution < -0.4 is 5.73 Å². The van der Waals surface area contributed by atoms with Crippen molar-refractivity contribution in [3.63, 3.8) is 0 Å². The average molecular weight is 375 g/mol. The van der Waals surface area contributed by atoms with Crippen molar-refractivity contribution in [3.05, 3.63) is 46.6 Å². The summed E-state index contributed by atoms with van der Waals surface area (Å²) >= 11 is 5.91. The Labute approximate surface area is 157 Å². The predicted molar refractivity (Wildman–Crippen MR) is 98.0 cm³/mol. The van der Waals surface area contributed by atoms with Crippen LogP contribution in [0.4, 0.5) is 0 Å². The summed E-state index contributed by atoms with van der Waals surface area (Å²) in [5, 5.41) is 4.78. The molecule has 1 aliphatic carbocycles. The smallest absolute Gasteiger partial charge is 0.253 e. The minimum Gasteiger partial charge on any atom is -0.339 e. The van der Waals surface area contributed by atoms with Gasteiger partial charge in [0.15, 0.2) is 5.82 Å². The van der Waals surface area contributed by atoms with E-state index in [1.165, 1.54) is 0 Å². The van der Waals surface area contributed by atoms with E-state index in [1.807, 2.05) is 4.90 Å². The van der Waals surface area contributed by atoms with Crippen molar-refractivity contribution in [3.8, 4) is 0 Å². The van der Waals surface area contributed by atoms with Crippen LogP contribution in [0.2, 0.25) is 5.02 Å². The predicted octanol–water partition coefficient (Wildman–Crippen LogP) is 3.47. The molecule has 2 heterocycles. The first-order valence-corrected chi connectivity index (χ1v) is 9.61. The molecular formula is C19H23ClN4O2. The van der Waals surface area contributed by atoms with Crippen LogP contribution in [0.3, 0.4) is 0 Å². The second-order valence-electron chi connectivity index (χ2n) is 7.42. The molecule has 0 radical (unpaired) electrons. The molecule has 1 amide bonds. The summed E-state index contributed by atoms with van der Waals surface area (Å²) in [5.41, 5.74) is 6.62. The van der Waals surface area contributed by atoms with Crippen LogP contribution in [-0.4, -0.2) is 34.0 Å². The molecule has 7 heteroatoms. The summed E-state index contributed by atoms with van der Waals surface area (Å²) in [6, 6.07) is 7.00. The Hall–Kier alpha value is -1.92. The number of nitrogens with zero attached hydrogens (tertiary/aromatic N) is 3. The monoisotopic (exact) mass is 374 g/mol. The third-order valence-corrected chi connectivity index (χ3v) is 5.78. The highest BCUT2D eigenvalue weighted by Crippen LogP contribution is 2.36. The third kappa shape index (κ3) is 3.35. The molecule has 1 saturated heterocycles. The number of rotatable bonds is 3. The SMILES string of the molecule is NC1(c2noc(C3CCCN(C(=O)c4ccc(Cl)cc4)C3)n2)CCCC1. The summed E-state index contributed by atoms with van der Waals surface area (Å²) in [5.74, 6) is 1.29. The molecule has 1 saturated carbocycles. The van der Waals surface area contributed by atoms with E-state index in [0.29, 0.717) is 28.8 Å². The highest BCUT2D eigenvalue weighted by atomic mass is 35.5.